The summed E-state index contributed by atoms with van der Waals surface area (Å²) < 4.78 is 5.59. The van der Waals surface area contributed by atoms with Crippen LogP contribution in [-0.4, -0.2) is 60.1 Å². The molecule has 1 aliphatic heterocycles. The van der Waals surface area contributed by atoms with Gasteiger partial charge in [-0.15, -0.1) is 24.0 Å². The summed E-state index contributed by atoms with van der Waals surface area (Å²) in [5.41, 5.74) is 0. The van der Waals surface area contributed by atoms with E-state index in [1.54, 1.807) is 0 Å². The van der Waals surface area contributed by atoms with E-state index in [4.69, 9.17) is 4.74 Å². The summed E-state index contributed by atoms with van der Waals surface area (Å²) in [4.78, 5) is 18.4. The number of esters is 1. The van der Waals surface area contributed by atoms with Gasteiger partial charge in [0, 0.05) is 37.2 Å². The van der Waals surface area contributed by atoms with Crippen LogP contribution < -0.4 is 5.32 Å². The highest BCUT2D eigenvalue weighted by Crippen LogP contribution is 2.42. The van der Waals surface area contributed by atoms with Crippen LogP contribution in [0.3, 0.4) is 0 Å². The Morgan fingerprint density at radius 1 is 1.33 bits per heavy atom. The van der Waals surface area contributed by atoms with E-state index >= 15 is 0 Å². The lowest BCUT2D eigenvalue weighted by atomic mass is 9.87. The molecule has 2 rings (SSSR count). The van der Waals surface area contributed by atoms with Crippen molar-refractivity contribution in [2.45, 2.75) is 63.2 Å². The molecule has 1 aliphatic carbocycles. The number of carbonyl (C=O) groups is 1. The Balaban J connectivity index is 0.00000288. The molecule has 0 aromatic carbocycles. The predicted molar refractivity (Wildman–Crippen MR) is 112 cm³/mol. The largest absolute Gasteiger partial charge is 0.463 e. The minimum absolute atomic E-state index is 0. The van der Waals surface area contributed by atoms with Gasteiger partial charge in [0.15, 0.2) is 5.96 Å². The van der Waals surface area contributed by atoms with Crippen LogP contribution in [0.15, 0.2) is 4.99 Å². The number of thioether (sulfide) groups is 1. The highest BCUT2D eigenvalue weighted by molar-refractivity contribution is 14.0. The quantitative estimate of drug-likeness (QED) is 0.297. The van der Waals surface area contributed by atoms with E-state index in [1.165, 1.54) is 32.1 Å². The van der Waals surface area contributed by atoms with Crippen molar-refractivity contribution in [1.29, 1.82) is 0 Å². The van der Waals surface area contributed by atoms with Gasteiger partial charge in [0.05, 0.1) is 12.5 Å². The van der Waals surface area contributed by atoms with Crippen molar-refractivity contribution in [2.75, 3.05) is 32.4 Å². The lowest BCUT2D eigenvalue weighted by molar-refractivity contribution is -0.147. The molecule has 0 aromatic heterocycles. The van der Waals surface area contributed by atoms with Gasteiger partial charge in [0.2, 0.25) is 0 Å². The Labute approximate surface area is 167 Å². The number of rotatable bonds is 4. The average molecular weight is 469 g/mol. The fourth-order valence-electron chi connectivity index (χ4n) is 3.45. The van der Waals surface area contributed by atoms with Crippen molar-refractivity contribution >= 4 is 47.7 Å². The summed E-state index contributed by atoms with van der Waals surface area (Å²) in [6, 6.07) is 0. The number of nitrogens with one attached hydrogen (secondary N) is 1. The maximum atomic E-state index is 11.6. The molecular weight excluding hydrogens is 437 g/mol. The molecular formula is C17H32IN3O2S. The van der Waals surface area contributed by atoms with Crippen molar-refractivity contribution < 1.29 is 9.53 Å². The molecule has 7 heteroatoms. The first kappa shape index (κ1) is 21.9. The van der Waals surface area contributed by atoms with Crippen LogP contribution in [0.5, 0.6) is 0 Å². The molecule has 1 spiro atoms. The van der Waals surface area contributed by atoms with E-state index in [0.29, 0.717) is 17.7 Å². The molecule has 0 atom stereocenters. The van der Waals surface area contributed by atoms with Gasteiger partial charge in [-0.05, 0) is 26.7 Å². The first-order chi connectivity index (χ1) is 11.0. The number of hydrogen-bond acceptors (Lipinski definition) is 4. The second-order valence-corrected chi connectivity index (χ2v) is 8.34. The Bertz CT molecular complexity index is 421. The summed E-state index contributed by atoms with van der Waals surface area (Å²) in [6.45, 7) is 6.43. The summed E-state index contributed by atoms with van der Waals surface area (Å²) in [5, 5.41) is 3.33. The van der Waals surface area contributed by atoms with Crippen LogP contribution in [0.25, 0.3) is 0 Å². The number of ether oxygens (including phenoxy) is 1. The van der Waals surface area contributed by atoms with E-state index in [0.717, 1.165) is 24.8 Å². The number of halogens is 1. The van der Waals surface area contributed by atoms with Gasteiger partial charge in [-0.2, -0.15) is 11.8 Å². The predicted octanol–water partition coefficient (Wildman–Crippen LogP) is 3.27. The van der Waals surface area contributed by atoms with E-state index in [1.807, 2.05) is 20.9 Å². The maximum Gasteiger partial charge on any atom is 0.307 e. The third kappa shape index (κ3) is 6.61. The number of hydrogen-bond donors (Lipinski definition) is 1. The van der Waals surface area contributed by atoms with Gasteiger partial charge in [0.25, 0.3) is 0 Å². The molecule has 2 fully saturated rings. The summed E-state index contributed by atoms with van der Waals surface area (Å²) in [6.07, 6.45) is 7.07. The zero-order valence-electron chi connectivity index (χ0n) is 15.2. The third-order valence-corrected chi connectivity index (χ3v) is 6.04. The average Bonchev–Trinajstić information content (AvgIpc) is 2.51. The van der Waals surface area contributed by atoms with Gasteiger partial charge in [-0.25, -0.2) is 0 Å². The topological polar surface area (TPSA) is 53.9 Å². The van der Waals surface area contributed by atoms with Crippen molar-refractivity contribution in [2.24, 2.45) is 4.99 Å². The zero-order valence-corrected chi connectivity index (χ0v) is 18.3. The lowest BCUT2D eigenvalue weighted by Gasteiger charge is -2.45. The van der Waals surface area contributed by atoms with Crippen molar-refractivity contribution in [1.82, 2.24) is 10.2 Å². The minimum Gasteiger partial charge on any atom is -0.463 e. The first-order valence-electron chi connectivity index (χ1n) is 8.84. The molecule has 0 unspecified atom stereocenters. The molecule has 1 heterocycles. The van der Waals surface area contributed by atoms with Gasteiger partial charge in [-0.3, -0.25) is 9.79 Å². The second kappa shape index (κ2) is 10.7. The van der Waals surface area contributed by atoms with Crippen LogP contribution in [0.2, 0.25) is 0 Å². The third-order valence-electron chi connectivity index (χ3n) is 4.50. The first-order valence-corrected chi connectivity index (χ1v) is 9.82. The van der Waals surface area contributed by atoms with Gasteiger partial charge < -0.3 is 15.0 Å². The molecule has 140 valence electrons. The smallest absolute Gasteiger partial charge is 0.307 e. The zero-order chi connectivity index (χ0) is 16.7. The molecule has 0 aromatic rings. The van der Waals surface area contributed by atoms with Crippen molar-refractivity contribution in [3.8, 4) is 0 Å². The van der Waals surface area contributed by atoms with E-state index in [2.05, 4.69) is 27.0 Å². The van der Waals surface area contributed by atoms with E-state index < -0.39 is 0 Å². The van der Waals surface area contributed by atoms with Gasteiger partial charge >= 0.3 is 5.97 Å². The highest BCUT2D eigenvalue weighted by atomic mass is 127. The molecule has 5 nitrogen and oxygen atoms in total. The van der Waals surface area contributed by atoms with Crippen LogP contribution in [0.4, 0.5) is 0 Å². The van der Waals surface area contributed by atoms with Crippen molar-refractivity contribution in [3.05, 3.63) is 0 Å². The minimum atomic E-state index is -0.152. The Hall–Kier alpha value is -0.180. The molecule has 0 bridgehead atoms. The number of guanidine groups is 1. The summed E-state index contributed by atoms with van der Waals surface area (Å²) in [5.74, 6) is 1.93. The molecule has 2 aliphatic rings. The van der Waals surface area contributed by atoms with Crippen LogP contribution in [-0.2, 0) is 9.53 Å². The van der Waals surface area contributed by atoms with Crippen molar-refractivity contribution in [3.63, 3.8) is 0 Å². The fraction of sp³-hybridized carbons (Fsp3) is 0.882. The van der Waals surface area contributed by atoms with Crippen LogP contribution in [0, 0.1) is 0 Å². The molecule has 1 N–H and O–H groups in total. The SMILES string of the molecule is CN=C(NCCC(=O)OC(C)C)N1CCSC2(CCCCC2)C1.I. The monoisotopic (exact) mass is 469 g/mol. The van der Waals surface area contributed by atoms with Gasteiger partial charge in [0.1, 0.15) is 0 Å². The Morgan fingerprint density at radius 2 is 2.04 bits per heavy atom. The maximum absolute atomic E-state index is 11.6. The van der Waals surface area contributed by atoms with Crippen LogP contribution >= 0.6 is 35.7 Å². The normalized spacial score (nSPS) is 20.7. The summed E-state index contributed by atoms with van der Waals surface area (Å²) in [7, 11) is 1.82. The molecule has 24 heavy (non-hydrogen) atoms. The van der Waals surface area contributed by atoms with Gasteiger partial charge in [-0.1, -0.05) is 19.3 Å². The second-order valence-electron chi connectivity index (χ2n) is 6.78. The molecule has 0 amide bonds. The Kier molecular flexibility index (Phi) is 9.77. The number of carbonyl (C=O) groups excluding carboxylic acids is 1. The van der Waals surface area contributed by atoms with Crippen LogP contribution in [0.1, 0.15) is 52.4 Å². The number of aliphatic imine (C=N–C) groups is 1. The number of nitrogens with zero attached hydrogens (tertiary/aromatic N) is 2. The lowest BCUT2D eigenvalue weighted by Crippen LogP contribution is -2.53. The standard InChI is InChI=1S/C17H31N3O2S.HI/c1-14(2)22-15(21)7-10-19-16(18-3)20-11-12-23-17(13-20)8-5-4-6-9-17;/h14H,4-13H2,1-3H3,(H,18,19);1H. The van der Waals surface area contributed by atoms with E-state index in [9.17, 15) is 4.79 Å². The highest BCUT2D eigenvalue weighted by Gasteiger charge is 2.38. The molecule has 1 saturated heterocycles. The molecule has 0 radical (unpaired) electrons. The summed E-state index contributed by atoms with van der Waals surface area (Å²) >= 11 is 2.16. The fourth-order valence-corrected chi connectivity index (χ4v) is 5.02. The van der Waals surface area contributed by atoms with E-state index in [-0.39, 0.29) is 36.0 Å². The molecule has 1 saturated carbocycles. The Morgan fingerprint density at radius 3 is 2.67 bits per heavy atom.